The van der Waals surface area contributed by atoms with Crippen LogP contribution in [0, 0.1) is 11.8 Å². The molecule has 1 fully saturated rings. The van der Waals surface area contributed by atoms with E-state index in [1.807, 2.05) is 0 Å². The van der Waals surface area contributed by atoms with Crippen molar-refractivity contribution in [3.05, 3.63) is 0 Å². The normalized spacial score (nSPS) is 26.9. The van der Waals surface area contributed by atoms with Gasteiger partial charge in [0.15, 0.2) is 0 Å². The minimum atomic E-state index is -4.31. The van der Waals surface area contributed by atoms with E-state index in [2.05, 4.69) is 5.32 Å². The zero-order chi connectivity index (χ0) is 14.8. The van der Waals surface area contributed by atoms with E-state index < -0.39 is 29.5 Å². The van der Waals surface area contributed by atoms with Gasteiger partial charge in [0, 0.05) is 5.92 Å². The quantitative estimate of drug-likeness (QED) is 0.787. The molecule has 0 radical (unpaired) electrons. The molecule has 1 rings (SSSR count). The third-order valence-corrected chi connectivity index (χ3v) is 4.51. The SMILES string of the molecule is CC(Cl)C(C)(C)NC(=O)C1CCCCC1C(F)(F)F. The molecule has 19 heavy (non-hydrogen) atoms. The predicted molar refractivity (Wildman–Crippen MR) is 69.0 cm³/mol. The number of amides is 1. The van der Waals surface area contributed by atoms with Crippen molar-refractivity contribution in [1.29, 1.82) is 0 Å². The van der Waals surface area contributed by atoms with Gasteiger partial charge < -0.3 is 5.32 Å². The van der Waals surface area contributed by atoms with Crippen LogP contribution in [0.1, 0.15) is 46.5 Å². The Bertz CT molecular complexity index is 328. The average molecular weight is 300 g/mol. The first-order chi connectivity index (χ1) is 8.55. The van der Waals surface area contributed by atoms with Crippen molar-refractivity contribution in [3.8, 4) is 0 Å². The molecule has 1 saturated carbocycles. The zero-order valence-corrected chi connectivity index (χ0v) is 12.2. The highest BCUT2D eigenvalue weighted by atomic mass is 35.5. The van der Waals surface area contributed by atoms with E-state index >= 15 is 0 Å². The van der Waals surface area contributed by atoms with Gasteiger partial charge in [0.2, 0.25) is 5.91 Å². The minimum absolute atomic E-state index is 0.0401. The predicted octanol–water partition coefficient (Wildman–Crippen LogP) is 3.88. The Kier molecular flexibility index (Phi) is 5.15. The standard InChI is InChI=1S/C13H21ClF3NO/c1-8(14)12(2,3)18-11(19)9-6-4-5-7-10(9)13(15,16)17/h8-10H,4-7H2,1-3H3,(H,18,19). The Balaban J connectivity index is 2.79. The summed E-state index contributed by atoms with van der Waals surface area (Å²) in [6, 6.07) is 0. The number of nitrogens with one attached hydrogen (secondary N) is 1. The first-order valence-electron chi connectivity index (χ1n) is 6.58. The van der Waals surface area contributed by atoms with Crippen LogP contribution in [0.15, 0.2) is 0 Å². The van der Waals surface area contributed by atoms with Crippen LogP contribution in [-0.4, -0.2) is 23.0 Å². The van der Waals surface area contributed by atoms with E-state index in [0.717, 1.165) is 0 Å². The van der Waals surface area contributed by atoms with E-state index in [9.17, 15) is 18.0 Å². The van der Waals surface area contributed by atoms with E-state index in [1.165, 1.54) is 0 Å². The summed E-state index contributed by atoms with van der Waals surface area (Å²) in [5.41, 5.74) is -0.716. The molecule has 2 nitrogen and oxygen atoms in total. The third-order valence-electron chi connectivity index (χ3n) is 3.96. The van der Waals surface area contributed by atoms with Crippen LogP contribution in [0.4, 0.5) is 13.2 Å². The summed E-state index contributed by atoms with van der Waals surface area (Å²) in [6.45, 7) is 5.14. The van der Waals surface area contributed by atoms with Gasteiger partial charge in [-0.25, -0.2) is 0 Å². The zero-order valence-electron chi connectivity index (χ0n) is 11.5. The molecule has 0 aromatic rings. The number of carbonyl (C=O) groups excluding carboxylic acids is 1. The summed E-state index contributed by atoms with van der Waals surface area (Å²) in [5.74, 6) is -3.04. The Morgan fingerprint density at radius 3 is 2.26 bits per heavy atom. The number of hydrogen-bond donors (Lipinski definition) is 1. The van der Waals surface area contributed by atoms with Crippen LogP contribution in [-0.2, 0) is 4.79 Å². The molecule has 1 amide bonds. The molecule has 0 aromatic carbocycles. The molecular weight excluding hydrogens is 279 g/mol. The van der Waals surface area contributed by atoms with Crippen molar-refractivity contribution in [2.45, 2.75) is 63.5 Å². The fourth-order valence-corrected chi connectivity index (χ4v) is 2.40. The van der Waals surface area contributed by atoms with E-state index in [1.54, 1.807) is 20.8 Å². The molecule has 112 valence electrons. The second-order valence-corrected chi connectivity index (χ2v) is 6.52. The lowest BCUT2D eigenvalue weighted by Crippen LogP contribution is -2.53. The van der Waals surface area contributed by atoms with E-state index in [4.69, 9.17) is 11.6 Å². The van der Waals surface area contributed by atoms with Crippen molar-refractivity contribution in [2.75, 3.05) is 0 Å². The highest BCUT2D eigenvalue weighted by Gasteiger charge is 2.48. The molecule has 0 spiro atoms. The smallest absolute Gasteiger partial charge is 0.349 e. The van der Waals surface area contributed by atoms with Gasteiger partial charge in [0.05, 0.1) is 16.8 Å². The lowest BCUT2D eigenvalue weighted by atomic mass is 9.78. The fraction of sp³-hybridized carbons (Fsp3) is 0.923. The van der Waals surface area contributed by atoms with Gasteiger partial charge in [-0.1, -0.05) is 12.8 Å². The number of halogens is 4. The van der Waals surface area contributed by atoms with Gasteiger partial charge in [-0.15, -0.1) is 11.6 Å². The van der Waals surface area contributed by atoms with Crippen LogP contribution in [0.2, 0.25) is 0 Å². The van der Waals surface area contributed by atoms with Gasteiger partial charge in [-0.3, -0.25) is 4.79 Å². The van der Waals surface area contributed by atoms with Gasteiger partial charge in [-0.05, 0) is 33.6 Å². The molecule has 0 aromatic heterocycles. The lowest BCUT2D eigenvalue weighted by Gasteiger charge is -2.36. The highest BCUT2D eigenvalue weighted by molar-refractivity contribution is 6.21. The molecule has 0 saturated heterocycles. The summed E-state index contributed by atoms with van der Waals surface area (Å²) < 4.78 is 38.8. The fourth-order valence-electron chi connectivity index (χ4n) is 2.35. The minimum Gasteiger partial charge on any atom is -0.349 e. The Morgan fingerprint density at radius 1 is 1.26 bits per heavy atom. The van der Waals surface area contributed by atoms with Gasteiger partial charge in [0.1, 0.15) is 0 Å². The third kappa shape index (κ3) is 4.26. The number of carbonyl (C=O) groups is 1. The lowest BCUT2D eigenvalue weighted by molar-refractivity contribution is -0.198. The molecule has 0 bridgehead atoms. The Hall–Kier alpha value is -0.450. The van der Waals surface area contributed by atoms with E-state index in [0.29, 0.717) is 19.3 Å². The van der Waals surface area contributed by atoms with Crippen LogP contribution < -0.4 is 5.32 Å². The van der Waals surface area contributed by atoms with Gasteiger partial charge >= 0.3 is 6.18 Å². The maximum atomic E-state index is 12.9. The summed E-state index contributed by atoms with van der Waals surface area (Å²) >= 11 is 5.94. The highest BCUT2D eigenvalue weighted by Crippen LogP contribution is 2.41. The molecule has 0 heterocycles. The molecule has 6 heteroatoms. The number of rotatable bonds is 3. The number of alkyl halides is 4. The molecular formula is C13H21ClF3NO. The van der Waals surface area contributed by atoms with Crippen molar-refractivity contribution in [3.63, 3.8) is 0 Å². The monoisotopic (exact) mass is 299 g/mol. The van der Waals surface area contributed by atoms with Crippen molar-refractivity contribution < 1.29 is 18.0 Å². The second-order valence-electron chi connectivity index (χ2n) is 5.87. The Morgan fingerprint density at radius 2 is 1.79 bits per heavy atom. The largest absolute Gasteiger partial charge is 0.392 e. The second kappa shape index (κ2) is 5.90. The average Bonchev–Trinajstić information content (AvgIpc) is 2.27. The molecule has 0 aliphatic heterocycles. The van der Waals surface area contributed by atoms with E-state index in [-0.39, 0.29) is 11.8 Å². The van der Waals surface area contributed by atoms with Crippen LogP contribution >= 0.6 is 11.6 Å². The van der Waals surface area contributed by atoms with Crippen LogP contribution in [0.25, 0.3) is 0 Å². The summed E-state index contributed by atoms with van der Waals surface area (Å²) in [5, 5.41) is 2.30. The molecule has 1 aliphatic rings. The van der Waals surface area contributed by atoms with Gasteiger partial charge in [-0.2, -0.15) is 13.2 Å². The molecule has 3 unspecified atom stereocenters. The van der Waals surface area contributed by atoms with Crippen molar-refractivity contribution in [1.82, 2.24) is 5.32 Å². The maximum absolute atomic E-state index is 12.9. The molecule has 1 aliphatic carbocycles. The molecule has 3 atom stereocenters. The summed E-state index contributed by atoms with van der Waals surface area (Å²) in [6.07, 6.45) is -2.77. The number of hydrogen-bond acceptors (Lipinski definition) is 1. The first-order valence-corrected chi connectivity index (χ1v) is 7.02. The summed E-state index contributed by atoms with van der Waals surface area (Å²) in [4.78, 5) is 12.1. The molecule has 1 N–H and O–H groups in total. The summed E-state index contributed by atoms with van der Waals surface area (Å²) in [7, 11) is 0. The maximum Gasteiger partial charge on any atom is 0.392 e. The van der Waals surface area contributed by atoms with Crippen molar-refractivity contribution in [2.24, 2.45) is 11.8 Å². The first kappa shape index (κ1) is 16.6. The van der Waals surface area contributed by atoms with Crippen molar-refractivity contribution >= 4 is 17.5 Å². The van der Waals surface area contributed by atoms with Crippen LogP contribution in [0.5, 0.6) is 0 Å². The topological polar surface area (TPSA) is 29.1 Å². The Labute approximate surface area is 117 Å². The van der Waals surface area contributed by atoms with Gasteiger partial charge in [0.25, 0.3) is 0 Å². The van der Waals surface area contributed by atoms with Crippen LogP contribution in [0.3, 0.4) is 0 Å².